The van der Waals surface area contributed by atoms with Crippen LogP contribution in [0.1, 0.15) is 47.0 Å². The summed E-state index contributed by atoms with van der Waals surface area (Å²) in [7, 11) is 0. The van der Waals surface area contributed by atoms with Crippen LogP contribution in [-0.4, -0.2) is 77.8 Å². The van der Waals surface area contributed by atoms with Crippen molar-refractivity contribution in [3.05, 3.63) is 24.3 Å². The van der Waals surface area contributed by atoms with Crippen LogP contribution in [0, 0.1) is 11.8 Å². The summed E-state index contributed by atoms with van der Waals surface area (Å²) in [5.74, 6) is -2.26. The number of rotatable bonds is 10. The lowest BCUT2D eigenvalue weighted by atomic mass is 9.66. The Hall–Kier alpha value is -2.65. The van der Waals surface area contributed by atoms with E-state index in [2.05, 4.69) is 29.4 Å². The van der Waals surface area contributed by atoms with Gasteiger partial charge in [-0.15, -0.1) is 0 Å². The molecule has 3 aliphatic rings. The van der Waals surface area contributed by atoms with Crippen molar-refractivity contribution < 1.29 is 24.2 Å². The maximum absolute atomic E-state index is 13.7. The van der Waals surface area contributed by atoms with Gasteiger partial charge in [0.15, 0.2) is 0 Å². The van der Waals surface area contributed by atoms with Crippen LogP contribution in [0.4, 0.5) is 11.4 Å². The minimum absolute atomic E-state index is 0.0133. The van der Waals surface area contributed by atoms with E-state index in [1.807, 2.05) is 38.1 Å². The van der Waals surface area contributed by atoms with Crippen LogP contribution in [0.3, 0.4) is 0 Å². The Morgan fingerprint density at radius 2 is 1.83 bits per heavy atom. The van der Waals surface area contributed by atoms with Crippen LogP contribution in [0.25, 0.3) is 0 Å². The lowest BCUT2D eigenvalue weighted by Gasteiger charge is -2.33. The molecule has 9 nitrogen and oxygen atoms in total. The molecule has 3 fully saturated rings. The fourth-order valence-electron chi connectivity index (χ4n) is 6.39. The maximum Gasteiger partial charge on any atom is 0.250 e. The van der Waals surface area contributed by atoms with E-state index in [1.54, 1.807) is 0 Å². The third-order valence-electron chi connectivity index (χ3n) is 7.96. The van der Waals surface area contributed by atoms with Gasteiger partial charge in [0.25, 0.3) is 0 Å². The summed E-state index contributed by atoms with van der Waals surface area (Å²) in [6.07, 6.45) is 1.89. The van der Waals surface area contributed by atoms with Crippen molar-refractivity contribution in [2.75, 3.05) is 43.0 Å². The number of amides is 3. The molecule has 35 heavy (non-hydrogen) atoms. The molecular weight excluding hydrogens is 448 g/mol. The quantitative estimate of drug-likeness (QED) is 0.465. The molecule has 1 spiro atoms. The third-order valence-corrected chi connectivity index (χ3v) is 7.96. The van der Waals surface area contributed by atoms with E-state index in [-0.39, 0.29) is 30.9 Å². The molecule has 192 valence electrons. The molecule has 4 rings (SSSR count). The van der Waals surface area contributed by atoms with Gasteiger partial charge in [-0.3, -0.25) is 14.4 Å². The van der Waals surface area contributed by atoms with Crippen LogP contribution in [0.5, 0.6) is 0 Å². The van der Waals surface area contributed by atoms with Gasteiger partial charge in [-0.05, 0) is 64.3 Å². The molecule has 9 heteroatoms. The zero-order chi connectivity index (χ0) is 25.4. The van der Waals surface area contributed by atoms with Crippen LogP contribution in [0.2, 0.25) is 0 Å². The van der Waals surface area contributed by atoms with Crippen molar-refractivity contribution in [1.82, 2.24) is 10.2 Å². The number of aliphatic hydroxyl groups excluding tert-OH is 1. The van der Waals surface area contributed by atoms with Crippen molar-refractivity contribution in [2.45, 2.75) is 64.2 Å². The molecule has 0 saturated carbocycles. The van der Waals surface area contributed by atoms with Gasteiger partial charge in [-0.1, -0.05) is 6.92 Å². The minimum atomic E-state index is -1.08. The lowest BCUT2D eigenvalue weighted by molar-refractivity contribution is -0.145. The average molecular weight is 487 g/mol. The van der Waals surface area contributed by atoms with Gasteiger partial charge in [0.1, 0.15) is 11.6 Å². The molecule has 0 radical (unpaired) electrons. The second kappa shape index (κ2) is 9.78. The van der Waals surface area contributed by atoms with E-state index in [0.717, 1.165) is 25.2 Å². The lowest BCUT2D eigenvalue weighted by Crippen LogP contribution is -2.53. The smallest absolute Gasteiger partial charge is 0.250 e. The van der Waals surface area contributed by atoms with Crippen LogP contribution in [-0.2, 0) is 19.1 Å². The number of fused-ring (bicyclic) bond motifs is 1. The first-order valence-electron chi connectivity index (χ1n) is 12.8. The average Bonchev–Trinajstić information content (AvgIpc) is 3.40. The van der Waals surface area contributed by atoms with Crippen molar-refractivity contribution >= 4 is 29.1 Å². The predicted molar refractivity (Wildman–Crippen MR) is 133 cm³/mol. The molecule has 0 aliphatic carbocycles. The fraction of sp³-hybridized carbons (Fsp3) is 0.654. The molecule has 3 amide bonds. The summed E-state index contributed by atoms with van der Waals surface area (Å²) in [6.45, 7) is 10.1. The van der Waals surface area contributed by atoms with Gasteiger partial charge >= 0.3 is 0 Å². The van der Waals surface area contributed by atoms with Crippen molar-refractivity contribution in [1.29, 1.82) is 0 Å². The Morgan fingerprint density at radius 3 is 2.43 bits per heavy atom. The van der Waals surface area contributed by atoms with Crippen molar-refractivity contribution in [3.8, 4) is 0 Å². The van der Waals surface area contributed by atoms with E-state index < -0.39 is 29.1 Å². The summed E-state index contributed by atoms with van der Waals surface area (Å²) < 4.78 is 6.51. The third kappa shape index (κ3) is 4.08. The zero-order valence-electron chi connectivity index (χ0n) is 21.2. The summed E-state index contributed by atoms with van der Waals surface area (Å²) >= 11 is 0. The molecule has 5 atom stereocenters. The number of hydrogen-bond acceptors (Lipinski definition) is 6. The first kappa shape index (κ1) is 25.4. The molecule has 0 aromatic heterocycles. The highest BCUT2D eigenvalue weighted by Gasteiger charge is 2.77. The van der Waals surface area contributed by atoms with Gasteiger partial charge in [-0.25, -0.2) is 0 Å². The molecule has 3 saturated heterocycles. The van der Waals surface area contributed by atoms with Gasteiger partial charge in [0.05, 0.1) is 24.0 Å². The van der Waals surface area contributed by atoms with Gasteiger partial charge in [0, 0.05) is 37.6 Å². The molecule has 3 aliphatic heterocycles. The number of ether oxygens (including phenoxy) is 1. The highest BCUT2D eigenvalue weighted by molar-refractivity contribution is 6.03. The van der Waals surface area contributed by atoms with Crippen molar-refractivity contribution in [2.24, 2.45) is 11.8 Å². The molecule has 1 aromatic rings. The van der Waals surface area contributed by atoms with Crippen molar-refractivity contribution in [3.63, 3.8) is 0 Å². The minimum Gasteiger partial charge on any atom is -0.395 e. The fourth-order valence-corrected chi connectivity index (χ4v) is 6.39. The van der Waals surface area contributed by atoms with E-state index in [0.29, 0.717) is 25.1 Å². The number of carbonyl (C=O) groups excluding carboxylic acids is 3. The SMILES string of the molecule is CCCNC(=O)[C@H]1[C@H]2C(=O)N(CCO)C(C(=O)Nc3ccc(N(CC)CC)cc3)C23CC[C@]1(C)O3. The highest BCUT2D eigenvalue weighted by atomic mass is 16.5. The summed E-state index contributed by atoms with van der Waals surface area (Å²) in [5.41, 5.74) is -0.192. The summed E-state index contributed by atoms with van der Waals surface area (Å²) in [5, 5.41) is 15.6. The first-order chi connectivity index (χ1) is 16.8. The van der Waals surface area contributed by atoms with Gasteiger partial charge in [0.2, 0.25) is 17.7 Å². The summed E-state index contributed by atoms with van der Waals surface area (Å²) in [4.78, 5) is 44.1. The van der Waals surface area contributed by atoms with Crippen LogP contribution >= 0.6 is 0 Å². The standard InChI is InChI=1S/C26H38N4O5/c1-5-14-27-22(32)19-20-24(34)30(15-16-31)21(26(20)13-12-25(19,4)35-26)23(33)28-17-8-10-18(11-9-17)29(6-2)7-3/h8-11,19-21,31H,5-7,12-16H2,1-4H3,(H,27,32)(H,28,33)/t19-,20+,21?,25+,26?/m1/s1. The Labute approximate surface area is 207 Å². The monoisotopic (exact) mass is 486 g/mol. The van der Waals surface area contributed by atoms with E-state index >= 15 is 0 Å². The molecular formula is C26H38N4O5. The molecule has 2 unspecified atom stereocenters. The number of nitrogens with one attached hydrogen (secondary N) is 2. The Bertz CT molecular complexity index is 965. The number of β-amino-alcohol motifs (C(OH)–C–C–N with tert-alkyl or cyclic N) is 1. The number of likely N-dealkylation sites (tertiary alicyclic amines) is 1. The normalized spacial score (nSPS) is 30.9. The number of nitrogens with zero attached hydrogens (tertiary/aromatic N) is 2. The first-order valence-corrected chi connectivity index (χ1v) is 12.8. The van der Waals surface area contributed by atoms with E-state index in [9.17, 15) is 19.5 Å². The van der Waals surface area contributed by atoms with Crippen LogP contribution < -0.4 is 15.5 Å². The Balaban J connectivity index is 1.62. The topological polar surface area (TPSA) is 111 Å². The highest BCUT2D eigenvalue weighted by Crippen LogP contribution is 2.63. The number of anilines is 2. The van der Waals surface area contributed by atoms with Gasteiger partial charge in [-0.2, -0.15) is 0 Å². The predicted octanol–water partition coefficient (Wildman–Crippen LogP) is 1.75. The summed E-state index contributed by atoms with van der Waals surface area (Å²) in [6, 6.07) is 6.70. The molecule has 3 heterocycles. The van der Waals surface area contributed by atoms with Gasteiger partial charge < -0.3 is 30.3 Å². The van der Waals surface area contributed by atoms with E-state index in [1.165, 1.54) is 4.90 Å². The molecule has 1 aromatic carbocycles. The number of carbonyl (C=O) groups is 3. The van der Waals surface area contributed by atoms with Crippen LogP contribution in [0.15, 0.2) is 24.3 Å². The zero-order valence-corrected chi connectivity index (χ0v) is 21.2. The Kier molecular flexibility index (Phi) is 7.11. The number of aliphatic hydroxyl groups is 1. The number of benzene rings is 1. The largest absolute Gasteiger partial charge is 0.395 e. The molecule has 2 bridgehead atoms. The second-order valence-corrected chi connectivity index (χ2v) is 9.98. The Morgan fingerprint density at radius 1 is 1.14 bits per heavy atom. The van der Waals surface area contributed by atoms with E-state index in [4.69, 9.17) is 4.74 Å². The second-order valence-electron chi connectivity index (χ2n) is 9.98. The number of hydrogen-bond donors (Lipinski definition) is 3. The molecule has 3 N–H and O–H groups in total. The maximum atomic E-state index is 13.7.